The molecule has 0 aliphatic carbocycles. The van der Waals surface area contributed by atoms with Gasteiger partial charge in [0.15, 0.2) is 0 Å². The Morgan fingerprint density at radius 1 is 0.885 bits per heavy atom. The van der Waals surface area contributed by atoms with Gasteiger partial charge in [0.25, 0.3) is 0 Å². The molecule has 0 saturated carbocycles. The highest BCUT2D eigenvalue weighted by Crippen LogP contribution is 2.35. The van der Waals surface area contributed by atoms with Gasteiger partial charge in [0.1, 0.15) is 5.82 Å². The summed E-state index contributed by atoms with van der Waals surface area (Å²) < 4.78 is 7.13. The first-order valence-corrected chi connectivity index (χ1v) is 20.2. The fourth-order valence-electron chi connectivity index (χ4n) is 8.09. The van der Waals surface area contributed by atoms with E-state index in [2.05, 4.69) is 103 Å². The number of rotatable bonds is 6. The zero-order valence-corrected chi connectivity index (χ0v) is 34.7. The average molecular weight is 721 g/mol. The highest BCUT2D eigenvalue weighted by Gasteiger charge is 2.30. The number of carbonyl (C=O) groups is 1. The monoisotopic (exact) mass is 721 g/mol. The summed E-state index contributed by atoms with van der Waals surface area (Å²) in [6.45, 7) is 33.6. The summed E-state index contributed by atoms with van der Waals surface area (Å²) in [6, 6.07) is 1.98. The summed E-state index contributed by atoms with van der Waals surface area (Å²) in [5.74, 6) is 4.86. The van der Waals surface area contributed by atoms with E-state index >= 15 is 0 Å². The second-order valence-corrected chi connectivity index (χ2v) is 18.1. The Labute approximate surface area is 315 Å². The number of hydrogen-bond donors (Lipinski definition) is 1. The fourth-order valence-corrected chi connectivity index (χ4v) is 8.09. The molecule has 6 rings (SSSR count). The second-order valence-electron chi connectivity index (χ2n) is 18.1. The van der Waals surface area contributed by atoms with Crippen LogP contribution in [0.4, 0.5) is 4.79 Å². The van der Waals surface area contributed by atoms with Crippen molar-refractivity contribution in [2.24, 2.45) is 34.5 Å². The van der Waals surface area contributed by atoms with Crippen LogP contribution in [0.25, 0.3) is 5.78 Å². The summed E-state index contributed by atoms with van der Waals surface area (Å²) in [7, 11) is 0. The van der Waals surface area contributed by atoms with Crippen molar-refractivity contribution in [3.63, 3.8) is 0 Å². The van der Waals surface area contributed by atoms with Crippen molar-refractivity contribution in [3.05, 3.63) is 47.6 Å². The maximum absolute atomic E-state index is 11.5. The van der Waals surface area contributed by atoms with Crippen LogP contribution in [0.15, 0.2) is 24.7 Å². The van der Waals surface area contributed by atoms with E-state index in [9.17, 15) is 4.79 Å². The number of carbonyl (C=O) groups excluding carboxylic acids is 1. The summed E-state index contributed by atoms with van der Waals surface area (Å²) in [4.78, 5) is 34.9. The molecule has 1 amide bonds. The quantitative estimate of drug-likeness (QED) is 0.272. The largest absolute Gasteiger partial charge is 0.450 e. The Hall–Kier alpha value is -2.98. The third-order valence-electron chi connectivity index (χ3n) is 11.8. The number of piperidine rings is 3. The first-order valence-electron chi connectivity index (χ1n) is 20.2. The lowest BCUT2D eigenvalue weighted by Gasteiger charge is -2.38. The van der Waals surface area contributed by atoms with E-state index in [1.807, 2.05) is 31.0 Å². The zero-order valence-electron chi connectivity index (χ0n) is 34.7. The van der Waals surface area contributed by atoms with Gasteiger partial charge in [0.2, 0.25) is 5.78 Å². The van der Waals surface area contributed by atoms with Gasteiger partial charge in [-0.15, -0.1) is 0 Å². The number of H-pyrrole nitrogens is 1. The molecule has 3 aliphatic rings. The van der Waals surface area contributed by atoms with E-state index in [4.69, 9.17) is 4.74 Å². The number of nitrogens with zero attached hydrogens (tertiary/aromatic N) is 7. The molecular weight excluding hydrogens is 649 g/mol. The molecule has 1 atom stereocenters. The van der Waals surface area contributed by atoms with Gasteiger partial charge in [-0.3, -0.25) is 14.2 Å². The number of aryl methyl sites for hydroxylation is 2. The van der Waals surface area contributed by atoms with Crippen LogP contribution >= 0.6 is 0 Å². The summed E-state index contributed by atoms with van der Waals surface area (Å²) >= 11 is 0. The first kappa shape index (κ1) is 41.8. The van der Waals surface area contributed by atoms with Crippen molar-refractivity contribution >= 4 is 11.9 Å². The van der Waals surface area contributed by atoms with Crippen LogP contribution in [-0.4, -0.2) is 91.0 Å². The molecule has 3 aromatic heterocycles. The minimum absolute atomic E-state index is 0.141. The third kappa shape index (κ3) is 12.3. The van der Waals surface area contributed by atoms with Crippen LogP contribution in [0.2, 0.25) is 0 Å². The van der Waals surface area contributed by atoms with E-state index in [1.165, 1.54) is 69.7 Å². The van der Waals surface area contributed by atoms with Gasteiger partial charge in [0.05, 0.1) is 18.0 Å². The third-order valence-corrected chi connectivity index (χ3v) is 11.8. The van der Waals surface area contributed by atoms with Gasteiger partial charge in [-0.25, -0.2) is 19.7 Å². The molecule has 3 fully saturated rings. The lowest BCUT2D eigenvalue weighted by atomic mass is 9.75. The average Bonchev–Trinajstić information content (AvgIpc) is 3.66. The van der Waals surface area contributed by atoms with Gasteiger partial charge < -0.3 is 14.6 Å². The predicted molar refractivity (Wildman–Crippen MR) is 212 cm³/mol. The molecule has 10 heteroatoms. The van der Waals surface area contributed by atoms with E-state index in [1.54, 1.807) is 6.20 Å². The second kappa shape index (κ2) is 18.9. The molecule has 3 saturated heterocycles. The first-order chi connectivity index (χ1) is 24.5. The molecule has 0 radical (unpaired) electrons. The van der Waals surface area contributed by atoms with E-state index in [0.717, 1.165) is 61.7 Å². The maximum Gasteiger partial charge on any atom is 0.409 e. The molecule has 52 heavy (non-hydrogen) atoms. The van der Waals surface area contributed by atoms with Gasteiger partial charge in [-0.05, 0) is 126 Å². The van der Waals surface area contributed by atoms with E-state index in [0.29, 0.717) is 29.3 Å². The standard InChI is InChI=1S/C17H26N4.C14H25N3.C11H21NO2/c1-13-15(21-9-5-8-18-16(21)19-13)12-20-10-6-14(7-11-20)17(2,3)4;1-11-15-9-13(16-11)10-17-7-5-12(6-8-17)14(2,3)4;1-4-14-11(13)12-7-5-6-10(8-12)9(2)3/h5,8-9,14H,6-7,10-12H2,1-4H3;9,12H,5-8,10H2,1-4H3,(H,15,16);9-10H,4-8H2,1-3H3/t;;10-/m..1/s1. The Morgan fingerprint density at radius 2 is 1.48 bits per heavy atom. The highest BCUT2D eigenvalue weighted by atomic mass is 16.6. The van der Waals surface area contributed by atoms with Crippen LogP contribution in [0.5, 0.6) is 0 Å². The van der Waals surface area contributed by atoms with Crippen LogP contribution in [-0.2, 0) is 17.8 Å². The van der Waals surface area contributed by atoms with Gasteiger partial charge in [0, 0.05) is 50.5 Å². The van der Waals surface area contributed by atoms with Crippen molar-refractivity contribution in [2.45, 2.75) is 128 Å². The molecule has 0 spiro atoms. The minimum Gasteiger partial charge on any atom is -0.450 e. The molecule has 1 N–H and O–H groups in total. The van der Waals surface area contributed by atoms with Crippen molar-refractivity contribution in [2.75, 3.05) is 45.9 Å². The number of aromatic nitrogens is 5. The van der Waals surface area contributed by atoms with Crippen molar-refractivity contribution in [1.82, 2.24) is 39.0 Å². The van der Waals surface area contributed by atoms with Gasteiger partial charge >= 0.3 is 6.09 Å². The topological polar surface area (TPSA) is 94.9 Å². The molecule has 3 aliphatic heterocycles. The number of ether oxygens (including phenoxy) is 1. The highest BCUT2D eigenvalue weighted by molar-refractivity contribution is 5.67. The number of imidazole rings is 2. The van der Waals surface area contributed by atoms with Gasteiger partial charge in [-0.2, -0.15) is 0 Å². The number of aromatic amines is 1. The summed E-state index contributed by atoms with van der Waals surface area (Å²) in [5, 5.41) is 0. The van der Waals surface area contributed by atoms with Crippen molar-refractivity contribution in [3.8, 4) is 0 Å². The van der Waals surface area contributed by atoms with Crippen LogP contribution < -0.4 is 0 Å². The molecule has 0 aromatic carbocycles. The Bertz CT molecular complexity index is 1500. The number of hydrogen-bond acceptors (Lipinski definition) is 7. The molecule has 0 bridgehead atoms. The van der Waals surface area contributed by atoms with E-state index in [-0.39, 0.29) is 6.09 Å². The fraction of sp³-hybridized carbons (Fsp3) is 0.762. The summed E-state index contributed by atoms with van der Waals surface area (Å²) in [5.41, 5.74) is 4.54. The Morgan fingerprint density at radius 3 is 2.00 bits per heavy atom. The molecular formula is C42H72N8O2. The van der Waals surface area contributed by atoms with Gasteiger partial charge in [-0.1, -0.05) is 55.4 Å². The molecule has 10 nitrogen and oxygen atoms in total. The van der Waals surface area contributed by atoms with Crippen LogP contribution in [0, 0.1) is 48.3 Å². The lowest BCUT2D eigenvalue weighted by molar-refractivity contribution is 0.0813. The SMILES string of the molecule is CCOC(=O)N1CCC[C@@H](C(C)C)C1.Cc1nc2ncccn2c1CN1CCC(C(C)(C)C)CC1.Cc1ncc(CN2CCC(C(C)(C)C)CC2)[nH]1. The Balaban J connectivity index is 0.000000179. The maximum atomic E-state index is 11.5. The number of nitrogens with one attached hydrogen (secondary N) is 1. The van der Waals surface area contributed by atoms with E-state index < -0.39 is 0 Å². The smallest absolute Gasteiger partial charge is 0.409 e. The molecule has 6 heterocycles. The minimum atomic E-state index is -0.141. The number of likely N-dealkylation sites (tertiary alicyclic amines) is 3. The Kier molecular flexibility index (Phi) is 15.2. The molecule has 0 unspecified atom stereocenters. The number of fused-ring (bicyclic) bond motifs is 1. The van der Waals surface area contributed by atoms with Crippen LogP contribution in [0.1, 0.15) is 124 Å². The normalized spacial score (nSPS) is 20.0. The molecule has 292 valence electrons. The van der Waals surface area contributed by atoms with Crippen molar-refractivity contribution in [1.29, 1.82) is 0 Å². The summed E-state index contributed by atoms with van der Waals surface area (Å²) in [6.07, 6.45) is 13.3. The predicted octanol–water partition coefficient (Wildman–Crippen LogP) is 8.78. The zero-order chi connectivity index (χ0) is 38.1. The number of amides is 1. The van der Waals surface area contributed by atoms with Crippen LogP contribution in [0.3, 0.4) is 0 Å². The molecule has 3 aromatic rings. The lowest BCUT2D eigenvalue weighted by Crippen LogP contribution is -2.41. The van der Waals surface area contributed by atoms with Crippen molar-refractivity contribution < 1.29 is 9.53 Å².